The third kappa shape index (κ3) is 3.40. The highest BCUT2D eigenvalue weighted by atomic mass is 16.3. The molecule has 1 unspecified atom stereocenters. The summed E-state index contributed by atoms with van der Waals surface area (Å²) < 4.78 is 4.81. The van der Waals surface area contributed by atoms with Crippen LogP contribution < -0.4 is 5.32 Å². The summed E-state index contributed by atoms with van der Waals surface area (Å²) >= 11 is 0. The summed E-state index contributed by atoms with van der Waals surface area (Å²) in [4.78, 5) is 11.5. The second-order valence-corrected chi connectivity index (χ2v) is 3.91. The first kappa shape index (κ1) is 11.8. The summed E-state index contributed by atoms with van der Waals surface area (Å²) in [6.45, 7) is 4.61. The van der Waals surface area contributed by atoms with E-state index in [1.165, 1.54) is 12.5 Å². The van der Waals surface area contributed by atoms with Gasteiger partial charge in [0.05, 0.1) is 11.8 Å². The predicted molar refractivity (Wildman–Crippen MR) is 56.5 cm³/mol. The van der Waals surface area contributed by atoms with Crippen LogP contribution >= 0.6 is 0 Å². The maximum Gasteiger partial charge on any atom is 0.254 e. The maximum absolute atomic E-state index is 11.5. The lowest BCUT2D eigenvalue weighted by atomic mass is 9.97. The Morgan fingerprint density at radius 1 is 1.60 bits per heavy atom. The van der Waals surface area contributed by atoms with E-state index in [0.29, 0.717) is 18.0 Å². The quantitative estimate of drug-likeness (QED) is 0.771. The molecule has 4 nitrogen and oxygen atoms in total. The van der Waals surface area contributed by atoms with Crippen molar-refractivity contribution in [1.82, 2.24) is 5.32 Å². The third-order valence-electron chi connectivity index (χ3n) is 2.49. The minimum atomic E-state index is -0.164. The van der Waals surface area contributed by atoms with E-state index < -0.39 is 0 Å². The monoisotopic (exact) mass is 211 g/mol. The summed E-state index contributed by atoms with van der Waals surface area (Å²) in [7, 11) is 0. The van der Waals surface area contributed by atoms with Gasteiger partial charge >= 0.3 is 0 Å². The molecule has 15 heavy (non-hydrogen) atoms. The minimum absolute atomic E-state index is 0.0866. The molecule has 1 heterocycles. The SMILES string of the molecule is CC(C)C(CO)CNC(=O)c1ccoc1. The Balaban J connectivity index is 2.40. The van der Waals surface area contributed by atoms with Crippen molar-refractivity contribution >= 4 is 5.91 Å². The zero-order chi connectivity index (χ0) is 11.3. The lowest BCUT2D eigenvalue weighted by Gasteiger charge is -2.18. The fourth-order valence-corrected chi connectivity index (χ4v) is 1.23. The van der Waals surface area contributed by atoms with Gasteiger partial charge in [-0.25, -0.2) is 0 Å². The molecule has 0 saturated carbocycles. The molecule has 0 fully saturated rings. The Morgan fingerprint density at radius 2 is 2.33 bits per heavy atom. The van der Waals surface area contributed by atoms with Crippen molar-refractivity contribution in [3.63, 3.8) is 0 Å². The van der Waals surface area contributed by atoms with Crippen molar-refractivity contribution in [3.05, 3.63) is 24.2 Å². The topological polar surface area (TPSA) is 62.5 Å². The molecule has 1 aromatic heterocycles. The number of aliphatic hydroxyl groups excluding tert-OH is 1. The van der Waals surface area contributed by atoms with Gasteiger partial charge in [0.15, 0.2) is 0 Å². The lowest BCUT2D eigenvalue weighted by Crippen LogP contribution is -2.32. The van der Waals surface area contributed by atoms with Crippen LogP contribution in [0.15, 0.2) is 23.0 Å². The predicted octanol–water partition coefficient (Wildman–Crippen LogP) is 1.27. The molecular formula is C11H17NO3. The van der Waals surface area contributed by atoms with Crippen LogP contribution in [0.1, 0.15) is 24.2 Å². The largest absolute Gasteiger partial charge is 0.472 e. The molecule has 0 saturated heterocycles. The molecule has 1 rings (SSSR count). The van der Waals surface area contributed by atoms with Crippen LogP contribution in [0.5, 0.6) is 0 Å². The van der Waals surface area contributed by atoms with Gasteiger partial charge < -0.3 is 14.8 Å². The van der Waals surface area contributed by atoms with Gasteiger partial charge in [-0.15, -0.1) is 0 Å². The first-order valence-electron chi connectivity index (χ1n) is 5.06. The van der Waals surface area contributed by atoms with E-state index in [2.05, 4.69) is 5.32 Å². The first-order chi connectivity index (χ1) is 7.15. The fraction of sp³-hybridized carbons (Fsp3) is 0.545. The van der Waals surface area contributed by atoms with Crippen LogP contribution in [0, 0.1) is 11.8 Å². The van der Waals surface area contributed by atoms with Gasteiger partial charge in [0.2, 0.25) is 0 Å². The van der Waals surface area contributed by atoms with Crippen molar-refractivity contribution < 1.29 is 14.3 Å². The Labute approximate surface area is 89.3 Å². The lowest BCUT2D eigenvalue weighted by molar-refractivity contribution is 0.0930. The Kier molecular flexibility index (Phi) is 4.37. The van der Waals surface area contributed by atoms with E-state index in [1.807, 2.05) is 13.8 Å². The van der Waals surface area contributed by atoms with Crippen molar-refractivity contribution in [2.45, 2.75) is 13.8 Å². The van der Waals surface area contributed by atoms with Crippen LogP contribution in [0.3, 0.4) is 0 Å². The number of rotatable bonds is 5. The summed E-state index contributed by atoms with van der Waals surface area (Å²) in [6, 6.07) is 1.61. The van der Waals surface area contributed by atoms with Gasteiger partial charge in [-0.3, -0.25) is 4.79 Å². The smallest absolute Gasteiger partial charge is 0.254 e. The number of amides is 1. The van der Waals surface area contributed by atoms with Gasteiger partial charge in [0.1, 0.15) is 6.26 Å². The number of furan rings is 1. The normalized spacial score (nSPS) is 12.8. The second-order valence-electron chi connectivity index (χ2n) is 3.91. The van der Waals surface area contributed by atoms with E-state index in [-0.39, 0.29) is 18.4 Å². The summed E-state index contributed by atoms with van der Waals surface area (Å²) in [5.41, 5.74) is 0.510. The van der Waals surface area contributed by atoms with E-state index in [1.54, 1.807) is 6.07 Å². The van der Waals surface area contributed by atoms with Crippen LogP contribution in [0.2, 0.25) is 0 Å². The Bertz CT molecular complexity index is 293. The van der Waals surface area contributed by atoms with Crippen LogP contribution in [-0.2, 0) is 0 Å². The van der Waals surface area contributed by atoms with Gasteiger partial charge in [-0.1, -0.05) is 13.8 Å². The molecule has 1 atom stereocenters. The van der Waals surface area contributed by atoms with Crippen LogP contribution in [0.4, 0.5) is 0 Å². The minimum Gasteiger partial charge on any atom is -0.472 e. The van der Waals surface area contributed by atoms with Crippen molar-refractivity contribution in [1.29, 1.82) is 0 Å². The number of carbonyl (C=O) groups is 1. The highest BCUT2D eigenvalue weighted by Crippen LogP contribution is 2.08. The molecule has 0 aromatic carbocycles. The summed E-state index contributed by atoms with van der Waals surface area (Å²) in [6.07, 6.45) is 2.86. The average Bonchev–Trinajstić information content (AvgIpc) is 2.70. The molecule has 2 N–H and O–H groups in total. The summed E-state index contributed by atoms with van der Waals surface area (Å²) in [5.74, 6) is 0.281. The molecule has 4 heteroatoms. The maximum atomic E-state index is 11.5. The highest BCUT2D eigenvalue weighted by molar-refractivity contribution is 5.93. The Hall–Kier alpha value is -1.29. The first-order valence-corrected chi connectivity index (χ1v) is 5.06. The third-order valence-corrected chi connectivity index (χ3v) is 2.49. The van der Waals surface area contributed by atoms with Gasteiger partial charge in [0, 0.05) is 19.1 Å². The molecule has 0 bridgehead atoms. The second kappa shape index (κ2) is 5.56. The van der Waals surface area contributed by atoms with Crippen LogP contribution in [0.25, 0.3) is 0 Å². The van der Waals surface area contributed by atoms with E-state index in [4.69, 9.17) is 9.52 Å². The zero-order valence-corrected chi connectivity index (χ0v) is 9.06. The van der Waals surface area contributed by atoms with Gasteiger partial charge in [-0.05, 0) is 12.0 Å². The summed E-state index contributed by atoms with van der Waals surface area (Å²) in [5, 5.41) is 11.8. The van der Waals surface area contributed by atoms with Crippen molar-refractivity contribution in [3.8, 4) is 0 Å². The standard InChI is InChI=1S/C11H17NO3/c1-8(2)10(6-13)5-12-11(14)9-3-4-15-7-9/h3-4,7-8,10,13H,5-6H2,1-2H3,(H,12,14). The number of hydrogen-bond acceptors (Lipinski definition) is 3. The number of aliphatic hydroxyl groups is 1. The molecule has 0 aliphatic heterocycles. The highest BCUT2D eigenvalue weighted by Gasteiger charge is 2.14. The molecule has 0 aliphatic rings. The molecule has 0 spiro atoms. The molecule has 84 valence electrons. The van der Waals surface area contributed by atoms with E-state index in [0.717, 1.165) is 0 Å². The fourth-order valence-electron chi connectivity index (χ4n) is 1.23. The number of carbonyl (C=O) groups excluding carboxylic acids is 1. The average molecular weight is 211 g/mol. The van der Waals surface area contributed by atoms with Gasteiger partial charge in [0.25, 0.3) is 5.91 Å². The Morgan fingerprint density at radius 3 is 2.80 bits per heavy atom. The van der Waals surface area contributed by atoms with Crippen molar-refractivity contribution in [2.75, 3.05) is 13.2 Å². The van der Waals surface area contributed by atoms with Crippen LogP contribution in [-0.4, -0.2) is 24.2 Å². The molecule has 1 aromatic rings. The van der Waals surface area contributed by atoms with E-state index in [9.17, 15) is 4.79 Å². The number of hydrogen-bond donors (Lipinski definition) is 2. The van der Waals surface area contributed by atoms with Gasteiger partial charge in [-0.2, -0.15) is 0 Å². The number of nitrogens with one attached hydrogen (secondary N) is 1. The molecule has 0 radical (unpaired) electrons. The van der Waals surface area contributed by atoms with E-state index >= 15 is 0 Å². The zero-order valence-electron chi connectivity index (χ0n) is 9.06. The molecule has 0 aliphatic carbocycles. The van der Waals surface area contributed by atoms with Crippen molar-refractivity contribution in [2.24, 2.45) is 11.8 Å². The molecular weight excluding hydrogens is 194 g/mol. The molecule has 1 amide bonds.